The number of aryl methyl sites for hydroxylation is 1. The van der Waals surface area contributed by atoms with Gasteiger partial charge in [0.15, 0.2) is 0 Å². The summed E-state index contributed by atoms with van der Waals surface area (Å²) in [5.41, 5.74) is 8.49. The molecule has 4 heterocycles. The van der Waals surface area contributed by atoms with Gasteiger partial charge in [0.2, 0.25) is 0 Å². The van der Waals surface area contributed by atoms with Gasteiger partial charge >= 0.3 is 0 Å². The summed E-state index contributed by atoms with van der Waals surface area (Å²) in [6, 6.07) is 2.13. The van der Waals surface area contributed by atoms with Crippen LogP contribution in [-0.4, -0.2) is 40.4 Å². The molecule has 0 spiro atoms. The highest BCUT2D eigenvalue weighted by Gasteiger charge is 2.41. The second-order valence-electron chi connectivity index (χ2n) is 6.54. The zero-order valence-corrected chi connectivity index (χ0v) is 14.5. The Bertz CT molecular complexity index is 698. The SMILES string of the molecule is CCCc1cc(N2CCC(O)CC2)nc2c1C1N=NN=C(N)C1S2. The molecule has 1 aromatic heterocycles. The molecule has 3 N–H and O–H groups in total. The number of aliphatic hydroxyl groups is 1. The second-order valence-corrected chi connectivity index (χ2v) is 7.67. The molecule has 0 radical (unpaired) electrons. The Labute approximate surface area is 145 Å². The standard InChI is InChI=1S/C16H22N6OS/c1-2-3-9-8-11(22-6-4-10(23)5-7-22)18-16-12(9)13-14(24-16)15(17)20-21-19-13/h8,10,13-14,23H,2-7H2,1H3,(H2,17,19,20). The Balaban J connectivity index is 1.71. The summed E-state index contributed by atoms with van der Waals surface area (Å²) in [5.74, 6) is 1.53. The Morgan fingerprint density at radius 2 is 2.17 bits per heavy atom. The molecular weight excluding hydrogens is 324 g/mol. The number of nitrogens with two attached hydrogens (primary N) is 1. The predicted molar refractivity (Wildman–Crippen MR) is 94.6 cm³/mol. The van der Waals surface area contributed by atoms with Crippen molar-refractivity contribution in [3.8, 4) is 0 Å². The highest BCUT2D eigenvalue weighted by molar-refractivity contribution is 8.01. The van der Waals surface area contributed by atoms with E-state index in [2.05, 4.69) is 33.3 Å². The third-order valence-electron chi connectivity index (χ3n) is 4.85. The maximum absolute atomic E-state index is 9.74. The lowest BCUT2D eigenvalue weighted by Crippen LogP contribution is -2.36. The van der Waals surface area contributed by atoms with Gasteiger partial charge in [-0.15, -0.1) is 5.10 Å². The fourth-order valence-electron chi connectivity index (χ4n) is 3.57. The van der Waals surface area contributed by atoms with Gasteiger partial charge in [-0.3, -0.25) is 0 Å². The van der Waals surface area contributed by atoms with E-state index in [1.807, 2.05) is 0 Å². The zero-order valence-electron chi connectivity index (χ0n) is 13.7. The van der Waals surface area contributed by atoms with Crippen LogP contribution in [-0.2, 0) is 6.42 Å². The van der Waals surface area contributed by atoms with Gasteiger partial charge in [-0.1, -0.05) is 25.1 Å². The summed E-state index contributed by atoms with van der Waals surface area (Å²) in [4.78, 5) is 7.17. The van der Waals surface area contributed by atoms with Crippen LogP contribution in [0.1, 0.15) is 43.4 Å². The van der Waals surface area contributed by atoms with Crippen molar-refractivity contribution in [2.45, 2.75) is 55.0 Å². The minimum Gasteiger partial charge on any atom is -0.393 e. The minimum absolute atomic E-state index is 0.0130. The third kappa shape index (κ3) is 2.67. The normalized spacial score (nSPS) is 26.2. The zero-order chi connectivity index (χ0) is 16.7. The van der Waals surface area contributed by atoms with Gasteiger partial charge in [0.25, 0.3) is 0 Å². The average Bonchev–Trinajstić information content (AvgIpc) is 2.96. The topological polar surface area (TPSA) is 99.5 Å². The van der Waals surface area contributed by atoms with Gasteiger partial charge in [0.1, 0.15) is 22.7 Å². The molecule has 3 aliphatic rings. The second kappa shape index (κ2) is 6.33. The van der Waals surface area contributed by atoms with E-state index < -0.39 is 0 Å². The number of anilines is 1. The number of amidine groups is 1. The van der Waals surface area contributed by atoms with Gasteiger partial charge < -0.3 is 15.7 Å². The molecule has 3 aliphatic heterocycles. The maximum Gasteiger partial charge on any atom is 0.140 e. The third-order valence-corrected chi connectivity index (χ3v) is 6.14. The van der Waals surface area contributed by atoms with Crippen molar-refractivity contribution >= 4 is 23.4 Å². The molecule has 0 aromatic carbocycles. The largest absolute Gasteiger partial charge is 0.393 e. The molecule has 0 amide bonds. The van der Waals surface area contributed by atoms with Crippen LogP contribution in [0.3, 0.4) is 0 Å². The summed E-state index contributed by atoms with van der Waals surface area (Å²) in [7, 11) is 0. The predicted octanol–water partition coefficient (Wildman–Crippen LogP) is 2.25. The van der Waals surface area contributed by atoms with E-state index in [4.69, 9.17) is 10.7 Å². The average molecular weight is 346 g/mol. The number of piperidine rings is 1. The van der Waals surface area contributed by atoms with Crippen LogP contribution in [0.5, 0.6) is 0 Å². The summed E-state index contributed by atoms with van der Waals surface area (Å²) in [6.45, 7) is 3.88. The lowest BCUT2D eigenvalue weighted by Gasteiger charge is -2.31. The van der Waals surface area contributed by atoms with E-state index in [1.165, 1.54) is 11.1 Å². The number of rotatable bonds is 3. The van der Waals surface area contributed by atoms with E-state index in [1.54, 1.807) is 11.8 Å². The molecule has 1 fully saturated rings. The molecule has 2 unspecified atom stereocenters. The summed E-state index contributed by atoms with van der Waals surface area (Å²) in [5, 5.41) is 22.8. The number of hydrogen-bond donors (Lipinski definition) is 2. The summed E-state index contributed by atoms with van der Waals surface area (Å²) in [6.07, 6.45) is 3.48. The van der Waals surface area contributed by atoms with Crippen molar-refractivity contribution in [3.05, 3.63) is 17.2 Å². The van der Waals surface area contributed by atoms with E-state index in [-0.39, 0.29) is 17.4 Å². The van der Waals surface area contributed by atoms with Gasteiger partial charge in [-0.05, 0) is 36.1 Å². The molecule has 0 bridgehead atoms. The van der Waals surface area contributed by atoms with Crippen LogP contribution in [0.25, 0.3) is 0 Å². The first-order valence-corrected chi connectivity index (χ1v) is 9.42. The highest BCUT2D eigenvalue weighted by atomic mass is 32.2. The molecule has 128 valence electrons. The molecule has 24 heavy (non-hydrogen) atoms. The van der Waals surface area contributed by atoms with Gasteiger partial charge in [0.05, 0.1) is 11.4 Å². The molecule has 1 saturated heterocycles. The number of nitrogens with zero attached hydrogens (tertiary/aromatic N) is 5. The molecular formula is C16H22N6OS. The number of hydrogen-bond acceptors (Lipinski definition) is 8. The molecule has 4 rings (SSSR count). The molecule has 7 nitrogen and oxygen atoms in total. The smallest absolute Gasteiger partial charge is 0.140 e. The van der Waals surface area contributed by atoms with Crippen LogP contribution >= 0.6 is 11.8 Å². The van der Waals surface area contributed by atoms with Crippen LogP contribution < -0.4 is 10.6 Å². The van der Waals surface area contributed by atoms with Crippen molar-refractivity contribution in [3.63, 3.8) is 0 Å². The first-order valence-electron chi connectivity index (χ1n) is 8.54. The lowest BCUT2D eigenvalue weighted by atomic mass is 9.97. The van der Waals surface area contributed by atoms with Crippen molar-refractivity contribution in [1.29, 1.82) is 0 Å². The fourth-order valence-corrected chi connectivity index (χ4v) is 4.83. The molecule has 0 aliphatic carbocycles. The van der Waals surface area contributed by atoms with E-state index in [9.17, 15) is 5.11 Å². The minimum atomic E-state index is -0.181. The maximum atomic E-state index is 9.74. The molecule has 2 atom stereocenters. The number of pyridine rings is 1. The summed E-state index contributed by atoms with van der Waals surface area (Å²) >= 11 is 1.65. The number of aliphatic hydroxyl groups excluding tert-OH is 1. The monoisotopic (exact) mass is 346 g/mol. The first-order chi connectivity index (χ1) is 11.7. The Hall–Kier alpha value is -1.67. The number of fused-ring (bicyclic) bond motifs is 3. The highest BCUT2D eigenvalue weighted by Crippen LogP contribution is 2.49. The van der Waals surface area contributed by atoms with Gasteiger partial charge in [-0.25, -0.2) is 4.98 Å². The first kappa shape index (κ1) is 15.8. The van der Waals surface area contributed by atoms with Crippen molar-refractivity contribution in [2.24, 2.45) is 21.2 Å². The molecule has 0 saturated carbocycles. The Morgan fingerprint density at radius 3 is 2.92 bits per heavy atom. The van der Waals surface area contributed by atoms with E-state index in [0.717, 1.165) is 49.6 Å². The molecule has 8 heteroatoms. The summed E-state index contributed by atoms with van der Waals surface area (Å²) < 4.78 is 0. The quantitative estimate of drug-likeness (QED) is 0.874. The van der Waals surface area contributed by atoms with Crippen LogP contribution in [0.15, 0.2) is 26.5 Å². The van der Waals surface area contributed by atoms with Gasteiger partial charge in [0, 0.05) is 18.7 Å². The fraction of sp³-hybridized carbons (Fsp3) is 0.625. The number of aromatic nitrogens is 1. The van der Waals surface area contributed by atoms with Crippen LogP contribution in [0.2, 0.25) is 0 Å². The van der Waals surface area contributed by atoms with Crippen molar-refractivity contribution in [2.75, 3.05) is 18.0 Å². The lowest BCUT2D eigenvalue weighted by molar-refractivity contribution is 0.145. The number of thioether (sulfide) groups is 1. The van der Waals surface area contributed by atoms with Crippen LogP contribution in [0.4, 0.5) is 5.82 Å². The van der Waals surface area contributed by atoms with Crippen molar-refractivity contribution in [1.82, 2.24) is 4.98 Å². The van der Waals surface area contributed by atoms with Gasteiger partial charge in [-0.2, -0.15) is 5.11 Å². The van der Waals surface area contributed by atoms with E-state index >= 15 is 0 Å². The Kier molecular flexibility index (Phi) is 4.17. The van der Waals surface area contributed by atoms with Crippen LogP contribution in [0, 0.1) is 0 Å². The van der Waals surface area contributed by atoms with Crippen molar-refractivity contribution < 1.29 is 5.11 Å². The van der Waals surface area contributed by atoms with E-state index in [0.29, 0.717) is 5.84 Å². The Morgan fingerprint density at radius 1 is 1.38 bits per heavy atom. The molecule has 1 aromatic rings.